The molecular formula is C26H22N4O3S. The van der Waals surface area contributed by atoms with Gasteiger partial charge in [0, 0.05) is 40.8 Å². The predicted octanol–water partition coefficient (Wildman–Crippen LogP) is 5.44. The molecule has 0 saturated heterocycles. The fourth-order valence-electron chi connectivity index (χ4n) is 3.74. The van der Waals surface area contributed by atoms with Crippen molar-refractivity contribution in [3.63, 3.8) is 0 Å². The van der Waals surface area contributed by atoms with Crippen molar-refractivity contribution in [2.24, 2.45) is 0 Å². The Hall–Kier alpha value is -3.91. The monoisotopic (exact) mass is 470 g/mol. The Kier molecular flexibility index (Phi) is 6.14. The third-order valence-electron chi connectivity index (χ3n) is 5.30. The van der Waals surface area contributed by atoms with E-state index in [0.29, 0.717) is 28.9 Å². The molecule has 34 heavy (non-hydrogen) atoms. The standard InChI is InChI=1S/C26H22N4O3S/c1-3-32-21-9-7-20(8-10-21)30-25(18-5-4-12-27-15-18)28-29-26(30)34-16-19-14-24(31)33-23-13-17(2)6-11-22(19)23/h4-15H,3,16H2,1-2H3. The second kappa shape index (κ2) is 9.52. The summed E-state index contributed by atoms with van der Waals surface area (Å²) < 4.78 is 13.0. The first-order chi connectivity index (χ1) is 16.6. The highest BCUT2D eigenvalue weighted by Gasteiger charge is 2.17. The number of fused-ring (bicyclic) bond motifs is 1. The van der Waals surface area contributed by atoms with Gasteiger partial charge in [0.15, 0.2) is 11.0 Å². The lowest BCUT2D eigenvalue weighted by atomic mass is 10.1. The lowest BCUT2D eigenvalue weighted by molar-refractivity contribution is 0.340. The Morgan fingerprint density at radius 2 is 1.91 bits per heavy atom. The summed E-state index contributed by atoms with van der Waals surface area (Å²) in [6.07, 6.45) is 3.49. The number of pyridine rings is 1. The number of aromatic nitrogens is 4. The van der Waals surface area contributed by atoms with Gasteiger partial charge < -0.3 is 9.15 Å². The number of hydrogen-bond donors (Lipinski definition) is 0. The molecule has 170 valence electrons. The first-order valence-corrected chi connectivity index (χ1v) is 11.9. The Morgan fingerprint density at radius 3 is 2.68 bits per heavy atom. The van der Waals surface area contributed by atoms with Crippen LogP contribution in [0.5, 0.6) is 5.75 Å². The quantitative estimate of drug-likeness (QED) is 0.231. The van der Waals surface area contributed by atoms with E-state index in [2.05, 4.69) is 15.2 Å². The molecule has 0 radical (unpaired) electrons. The zero-order valence-corrected chi connectivity index (χ0v) is 19.6. The molecule has 0 unspecified atom stereocenters. The Balaban J connectivity index is 1.54. The summed E-state index contributed by atoms with van der Waals surface area (Å²) in [5.74, 6) is 2.02. The third-order valence-corrected chi connectivity index (χ3v) is 6.28. The second-order valence-corrected chi connectivity index (χ2v) is 8.63. The molecular weight excluding hydrogens is 448 g/mol. The van der Waals surface area contributed by atoms with Crippen molar-refractivity contribution < 1.29 is 9.15 Å². The topological polar surface area (TPSA) is 83.0 Å². The molecule has 7 nitrogen and oxygen atoms in total. The average molecular weight is 471 g/mol. The molecule has 0 aliphatic heterocycles. The highest BCUT2D eigenvalue weighted by Crippen LogP contribution is 2.31. The van der Waals surface area contributed by atoms with Crippen LogP contribution in [0, 0.1) is 6.92 Å². The lowest BCUT2D eigenvalue weighted by Gasteiger charge is -2.12. The molecule has 0 aliphatic rings. The lowest BCUT2D eigenvalue weighted by Crippen LogP contribution is -2.02. The molecule has 0 spiro atoms. The number of aryl methyl sites for hydroxylation is 1. The largest absolute Gasteiger partial charge is 0.494 e. The van der Waals surface area contributed by atoms with Gasteiger partial charge in [0.1, 0.15) is 11.3 Å². The van der Waals surface area contributed by atoms with Crippen LogP contribution >= 0.6 is 11.8 Å². The first-order valence-electron chi connectivity index (χ1n) is 10.9. The molecule has 0 fully saturated rings. The van der Waals surface area contributed by atoms with E-state index < -0.39 is 0 Å². The molecule has 0 bridgehead atoms. The van der Waals surface area contributed by atoms with Gasteiger partial charge in [-0.1, -0.05) is 23.9 Å². The summed E-state index contributed by atoms with van der Waals surface area (Å²) in [6.45, 7) is 4.53. The predicted molar refractivity (Wildman–Crippen MR) is 133 cm³/mol. The normalized spacial score (nSPS) is 11.1. The number of rotatable bonds is 7. The van der Waals surface area contributed by atoms with E-state index in [9.17, 15) is 4.79 Å². The molecule has 0 atom stereocenters. The molecule has 3 aromatic heterocycles. The van der Waals surface area contributed by atoms with Crippen molar-refractivity contribution in [2.45, 2.75) is 24.8 Å². The minimum absolute atomic E-state index is 0.363. The van der Waals surface area contributed by atoms with Crippen LogP contribution in [0.2, 0.25) is 0 Å². The van der Waals surface area contributed by atoms with Crippen molar-refractivity contribution in [3.8, 4) is 22.8 Å². The van der Waals surface area contributed by atoms with Crippen molar-refractivity contribution in [2.75, 3.05) is 6.61 Å². The van der Waals surface area contributed by atoms with Crippen LogP contribution in [-0.4, -0.2) is 26.4 Å². The van der Waals surface area contributed by atoms with Gasteiger partial charge in [-0.15, -0.1) is 10.2 Å². The maximum absolute atomic E-state index is 12.2. The summed E-state index contributed by atoms with van der Waals surface area (Å²) in [7, 11) is 0. The fraction of sp³-hybridized carbons (Fsp3) is 0.154. The van der Waals surface area contributed by atoms with Crippen molar-refractivity contribution in [3.05, 3.63) is 94.6 Å². The average Bonchev–Trinajstić information content (AvgIpc) is 3.27. The molecule has 0 N–H and O–H groups in total. The van der Waals surface area contributed by atoms with Crippen LogP contribution in [0.25, 0.3) is 28.0 Å². The van der Waals surface area contributed by atoms with Gasteiger partial charge in [0.05, 0.1) is 6.61 Å². The smallest absolute Gasteiger partial charge is 0.336 e. The van der Waals surface area contributed by atoms with E-state index >= 15 is 0 Å². The number of ether oxygens (including phenoxy) is 1. The van der Waals surface area contributed by atoms with Crippen LogP contribution in [0.1, 0.15) is 18.1 Å². The Bertz CT molecular complexity index is 1490. The number of benzene rings is 2. The summed E-state index contributed by atoms with van der Waals surface area (Å²) >= 11 is 1.51. The zero-order chi connectivity index (χ0) is 23.5. The van der Waals surface area contributed by atoms with Crippen LogP contribution in [0.15, 0.2) is 87.4 Å². The van der Waals surface area contributed by atoms with E-state index in [1.807, 2.05) is 73.0 Å². The van der Waals surface area contributed by atoms with Crippen molar-refractivity contribution in [1.29, 1.82) is 0 Å². The van der Waals surface area contributed by atoms with Gasteiger partial charge in [-0.2, -0.15) is 0 Å². The number of thioether (sulfide) groups is 1. The van der Waals surface area contributed by atoms with Gasteiger partial charge in [-0.25, -0.2) is 4.79 Å². The van der Waals surface area contributed by atoms with Gasteiger partial charge in [0.2, 0.25) is 0 Å². The molecule has 3 heterocycles. The molecule has 5 rings (SSSR count). The summed E-state index contributed by atoms with van der Waals surface area (Å²) in [4.78, 5) is 16.4. The maximum Gasteiger partial charge on any atom is 0.336 e. The van der Waals surface area contributed by atoms with E-state index in [1.54, 1.807) is 18.5 Å². The van der Waals surface area contributed by atoms with Gasteiger partial charge in [-0.05, 0) is 67.4 Å². The zero-order valence-electron chi connectivity index (χ0n) is 18.8. The summed E-state index contributed by atoms with van der Waals surface area (Å²) in [6, 6.07) is 19.1. The molecule has 5 aromatic rings. The van der Waals surface area contributed by atoms with Gasteiger partial charge in [-0.3, -0.25) is 9.55 Å². The van der Waals surface area contributed by atoms with Crippen LogP contribution in [-0.2, 0) is 5.75 Å². The van der Waals surface area contributed by atoms with Crippen molar-refractivity contribution >= 4 is 22.7 Å². The fourth-order valence-corrected chi connectivity index (χ4v) is 4.68. The molecule has 2 aromatic carbocycles. The minimum Gasteiger partial charge on any atom is -0.494 e. The van der Waals surface area contributed by atoms with E-state index in [0.717, 1.165) is 33.5 Å². The van der Waals surface area contributed by atoms with E-state index in [1.165, 1.54) is 11.8 Å². The summed E-state index contributed by atoms with van der Waals surface area (Å²) in [5.41, 5.74) is 3.92. The van der Waals surface area contributed by atoms with Crippen LogP contribution in [0.4, 0.5) is 0 Å². The Labute approximate surface area is 200 Å². The summed E-state index contributed by atoms with van der Waals surface area (Å²) in [5, 5.41) is 10.6. The molecule has 8 heteroatoms. The maximum atomic E-state index is 12.2. The third kappa shape index (κ3) is 4.45. The highest BCUT2D eigenvalue weighted by molar-refractivity contribution is 7.98. The first kappa shape index (κ1) is 21.9. The van der Waals surface area contributed by atoms with Crippen LogP contribution in [0.3, 0.4) is 0 Å². The SMILES string of the molecule is CCOc1ccc(-n2c(SCc3cc(=O)oc4cc(C)ccc34)nnc2-c2cccnc2)cc1. The molecule has 0 saturated carbocycles. The van der Waals surface area contributed by atoms with E-state index in [-0.39, 0.29) is 5.63 Å². The van der Waals surface area contributed by atoms with Gasteiger partial charge in [0.25, 0.3) is 0 Å². The molecule has 0 amide bonds. The minimum atomic E-state index is -0.363. The second-order valence-electron chi connectivity index (χ2n) is 7.69. The Morgan fingerprint density at radius 1 is 1.06 bits per heavy atom. The molecule has 0 aliphatic carbocycles. The highest BCUT2D eigenvalue weighted by atomic mass is 32.2. The van der Waals surface area contributed by atoms with Crippen molar-refractivity contribution in [1.82, 2.24) is 19.7 Å². The number of nitrogens with zero attached hydrogens (tertiary/aromatic N) is 4. The number of hydrogen-bond acceptors (Lipinski definition) is 7. The van der Waals surface area contributed by atoms with Gasteiger partial charge >= 0.3 is 5.63 Å². The van der Waals surface area contributed by atoms with E-state index in [4.69, 9.17) is 9.15 Å². The van der Waals surface area contributed by atoms with Crippen LogP contribution < -0.4 is 10.4 Å².